The molecule has 3 aromatic carbocycles. The molecule has 0 radical (unpaired) electrons. The lowest BCUT2D eigenvalue weighted by molar-refractivity contribution is -0.132. The van der Waals surface area contributed by atoms with Crippen molar-refractivity contribution in [3.05, 3.63) is 78.4 Å². The monoisotopic (exact) mass is 414 g/mol. The third kappa shape index (κ3) is 3.72. The molecule has 6 heteroatoms. The molecule has 2 aliphatic heterocycles. The topological polar surface area (TPSA) is 67.9 Å². The lowest BCUT2D eigenvalue weighted by atomic mass is 10.0. The fraction of sp³-hybridized carbons (Fsp3) is 0.200. The number of nitrogens with one attached hydrogen (secondary N) is 1. The van der Waals surface area contributed by atoms with Crippen molar-refractivity contribution in [3.8, 4) is 22.6 Å². The number of amides is 2. The van der Waals surface area contributed by atoms with Crippen LogP contribution in [-0.4, -0.2) is 25.2 Å². The van der Waals surface area contributed by atoms with E-state index in [0.29, 0.717) is 31.0 Å². The molecule has 0 saturated carbocycles. The molecule has 1 saturated heterocycles. The van der Waals surface area contributed by atoms with E-state index < -0.39 is 5.92 Å². The maximum absolute atomic E-state index is 13.1. The zero-order chi connectivity index (χ0) is 21.2. The number of hydrogen-bond acceptors (Lipinski definition) is 4. The fourth-order valence-corrected chi connectivity index (χ4v) is 4.10. The van der Waals surface area contributed by atoms with Gasteiger partial charge in [0.25, 0.3) is 0 Å². The number of anilines is 1. The molecule has 3 aromatic rings. The summed E-state index contributed by atoms with van der Waals surface area (Å²) >= 11 is 0. The molecule has 5 rings (SSSR count). The quantitative estimate of drug-likeness (QED) is 0.646. The summed E-state index contributed by atoms with van der Waals surface area (Å²) in [6.07, 6.45) is 0.495. The van der Waals surface area contributed by atoms with E-state index in [4.69, 9.17) is 9.47 Å². The number of rotatable bonds is 5. The van der Waals surface area contributed by atoms with Crippen LogP contribution in [0, 0.1) is 5.92 Å². The molecule has 0 spiro atoms. The Bertz CT molecular complexity index is 1130. The number of nitrogens with zero attached hydrogens (tertiary/aromatic N) is 1. The Balaban J connectivity index is 1.29. The SMILES string of the molecule is O=C(NCc1ccc2c(c1)OCO2)C1CCN(c2ccccc2-c2ccccc2)C1=O. The van der Waals surface area contributed by atoms with E-state index in [9.17, 15) is 9.59 Å². The normalized spacial score (nSPS) is 17.1. The Kier molecular flexibility index (Phi) is 5.04. The van der Waals surface area contributed by atoms with Gasteiger partial charge in [-0.3, -0.25) is 9.59 Å². The van der Waals surface area contributed by atoms with E-state index in [1.165, 1.54) is 0 Å². The van der Waals surface area contributed by atoms with Crippen LogP contribution >= 0.6 is 0 Å². The van der Waals surface area contributed by atoms with Crippen LogP contribution < -0.4 is 19.7 Å². The first-order valence-electron chi connectivity index (χ1n) is 10.3. The number of ether oxygens (including phenoxy) is 2. The predicted octanol–water partition coefficient (Wildman–Crippen LogP) is 3.75. The molecule has 1 N–H and O–H groups in total. The van der Waals surface area contributed by atoms with E-state index in [1.54, 1.807) is 4.90 Å². The number of carbonyl (C=O) groups is 2. The van der Waals surface area contributed by atoms with Gasteiger partial charge in [0.15, 0.2) is 11.5 Å². The van der Waals surface area contributed by atoms with Crippen molar-refractivity contribution < 1.29 is 19.1 Å². The maximum Gasteiger partial charge on any atom is 0.239 e. The first-order valence-corrected chi connectivity index (χ1v) is 10.3. The van der Waals surface area contributed by atoms with Gasteiger partial charge in [-0.15, -0.1) is 0 Å². The fourth-order valence-electron chi connectivity index (χ4n) is 4.10. The van der Waals surface area contributed by atoms with Crippen molar-refractivity contribution in [3.63, 3.8) is 0 Å². The van der Waals surface area contributed by atoms with Gasteiger partial charge in [-0.25, -0.2) is 0 Å². The highest BCUT2D eigenvalue weighted by Gasteiger charge is 2.38. The first kappa shape index (κ1) is 19.2. The van der Waals surface area contributed by atoms with Crippen molar-refractivity contribution >= 4 is 17.5 Å². The van der Waals surface area contributed by atoms with Crippen LogP contribution in [0.25, 0.3) is 11.1 Å². The van der Waals surface area contributed by atoms with Gasteiger partial charge in [0.1, 0.15) is 5.92 Å². The zero-order valence-corrected chi connectivity index (χ0v) is 16.9. The van der Waals surface area contributed by atoms with Crippen LogP contribution in [0.1, 0.15) is 12.0 Å². The zero-order valence-electron chi connectivity index (χ0n) is 16.9. The minimum absolute atomic E-state index is 0.161. The molecule has 156 valence electrons. The minimum atomic E-state index is -0.683. The summed E-state index contributed by atoms with van der Waals surface area (Å²) in [5.41, 5.74) is 3.76. The Morgan fingerprint density at radius 3 is 2.61 bits per heavy atom. The Morgan fingerprint density at radius 2 is 1.74 bits per heavy atom. The Morgan fingerprint density at radius 1 is 0.968 bits per heavy atom. The van der Waals surface area contributed by atoms with E-state index >= 15 is 0 Å². The number of para-hydroxylation sites is 1. The molecule has 1 atom stereocenters. The van der Waals surface area contributed by atoms with Crippen molar-refractivity contribution in [1.82, 2.24) is 5.32 Å². The highest BCUT2D eigenvalue weighted by atomic mass is 16.7. The van der Waals surface area contributed by atoms with E-state index in [0.717, 1.165) is 22.4 Å². The molecular weight excluding hydrogens is 392 g/mol. The molecule has 6 nitrogen and oxygen atoms in total. The van der Waals surface area contributed by atoms with Crippen LogP contribution in [0.2, 0.25) is 0 Å². The lowest BCUT2D eigenvalue weighted by Gasteiger charge is -2.20. The number of fused-ring (bicyclic) bond motifs is 1. The van der Waals surface area contributed by atoms with Gasteiger partial charge in [0.05, 0.1) is 5.69 Å². The average Bonchev–Trinajstić information content (AvgIpc) is 3.44. The molecule has 2 heterocycles. The van der Waals surface area contributed by atoms with Crippen LogP contribution in [-0.2, 0) is 16.1 Å². The summed E-state index contributed by atoms with van der Waals surface area (Å²) in [7, 11) is 0. The van der Waals surface area contributed by atoms with E-state index in [-0.39, 0.29) is 18.6 Å². The number of carbonyl (C=O) groups excluding carboxylic acids is 2. The predicted molar refractivity (Wildman–Crippen MR) is 117 cm³/mol. The van der Waals surface area contributed by atoms with Crippen molar-refractivity contribution in [2.75, 3.05) is 18.2 Å². The van der Waals surface area contributed by atoms with Gasteiger partial charge < -0.3 is 19.7 Å². The van der Waals surface area contributed by atoms with Gasteiger partial charge in [-0.1, -0.05) is 54.6 Å². The van der Waals surface area contributed by atoms with Gasteiger partial charge in [0.2, 0.25) is 18.6 Å². The third-order valence-electron chi connectivity index (χ3n) is 5.71. The van der Waals surface area contributed by atoms with Gasteiger partial charge >= 0.3 is 0 Å². The maximum atomic E-state index is 13.1. The summed E-state index contributed by atoms with van der Waals surface area (Å²) in [5, 5.41) is 2.90. The Hall–Kier alpha value is -3.80. The summed E-state index contributed by atoms with van der Waals surface area (Å²) in [6.45, 7) is 1.06. The van der Waals surface area contributed by atoms with E-state index in [1.807, 2.05) is 72.8 Å². The summed E-state index contributed by atoms with van der Waals surface area (Å²) in [6, 6.07) is 23.3. The molecule has 1 unspecified atom stereocenters. The Labute approximate surface area is 180 Å². The largest absolute Gasteiger partial charge is 0.454 e. The summed E-state index contributed by atoms with van der Waals surface area (Å²) < 4.78 is 10.7. The smallest absolute Gasteiger partial charge is 0.239 e. The molecule has 0 aliphatic carbocycles. The van der Waals surface area contributed by atoms with Crippen LogP contribution in [0.4, 0.5) is 5.69 Å². The average molecular weight is 414 g/mol. The molecular formula is C25H22N2O4. The van der Waals surface area contributed by atoms with Crippen molar-refractivity contribution in [2.24, 2.45) is 5.92 Å². The molecule has 0 bridgehead atoms. The third-order valence-corrected chi connectivity index (χ3v) is 5.71. The summed E-state index contributed by atoms with van der Waals surface area (Å²) in [5.74, 6) is 0.285. The molecule has 2 aliphatic rings. The lowest BCUT2D eigenvalue weighted by Crippen LogP contribution is -2.36. The van der Waals surface area contributed by atoms with Gasteiger partial charge in [0, 0.05) is 18.7 Å². The van der Waals surface area contributed by atoms with Crippen LogP contribution in [0.3, 0.4) is 0 Å². The van der Waals surface area contributed by atoms with Crippen molar-refractivity contribution in [2.45, 2.75) is 13.0 Å². The highest BCUT2D eigenvalue weighted by Crippen LogP contribution is 2.35. The highest BCUT2D eigenvalue weighted by molar-refractivity contribution is 6.11. The minimum Gasteiger partial charge on any atom is -0.454 e. The second-order valence-corrected chi connectivity index (χ2v) is 7.62. The van der Waals surface area contributed by atoms with Gasteiger partial charge in [-0.05, 0) is 35.7 Å². The molecule has 1 fully saturated rings. The second-order valence-electron chi connectivity index (χ2n) is 7.62. The molecule has 2 amide bonds. The van der Waals surface area contributed by atoms with Gasteiger partial charge in [-0.2, -0.15) is 0 Å². The standard InChI is InChI=1S/C25H22N2O4/c28-24(26-15-17-10-11-22-23(14-17)31-16-30-22)20-12-13-27(25(20)29)21-9-5-4-8-19(21)18-6-2-1-3-7-18/h1-11,14,20H,12-13,15-16H2,(H,26,28). The number of benzene rings is 3. The molecule has 31 heavy (non-hydrogen) atoms. The van der Waals surface area contributed by atoms with Crippen LogP contribution in [0.5, 0.6) is 11.5 Å². The first-order chi connectivity index (χ1) is 15.2. The number of hydrogen-bond donors (Lipinski definition) is 1. The molecule has 0 aromatic heterocycles. The van der Waals surface area contributed by atoms with Crippen LogP contribution in [0.15, 0.2) is 72.8 Å². The van der Waals surface area contributed by atoms with E-state index in [2.05, 4.69) is 5.32 Å². The second kappa shape index (κ2) is 8.14. The van der Waals surface area contributed by atoms with Crippen molar-refractivity contribution in [1.29, 1.82) is 0 Å². The summed E-state index contributed by atoms with van der Waals surface area (Å²) in [4.78, 5) is 27.6.